The van der Waals surface area contributed by atoms with E-state index >= 15 is 0 Å². The molecule has 0 aromatic heterocycles. The number of thioether (sulfide) groups is 1. The van der Waals surface area contributed by atoms with Crippen LogP contribution in [0.5, 0.6) is 0 Å². The number of carbonyl (C=O) groups excluding carboxylic acids is 2. The zero-order valence-corrected chi connectivity index (χ0v) is 9.43. The van der Waals surface area contributed by atoms with E-state index in [4.69, 9.17) is 0 Å². The molecule has 3 nitrogen and oxygen atoms in total. The van der Waals surface area contributed by atoms with Crippen LogP contribution in [0.15, 0.2) is 33.6 Å². The van der Waals surface area contributed by atoms with Gasteiger partial charge in [-0.1, -0.05) is 15.9 Å². The number of aliphatic carboxylic acids is 1. The summed E-state index contributed by atoms with van der Waals surface area (Å²) in [6, 6.07) is 7.26. The van der Waals surface area contributed by atoms with Gasteiger partial charge >= 0.3 is 0 Å². The van der Waals surface area contributed by atoms with Crippen molar-refractivity contribution in [3.63, 3.8) is 0 Å². The maximum atomic E-state index is 10.7. The van der Waals surface area contributed by atoms with E-state index in [1.54, 1.807) is 12.1 Å². The summed E-state index contributed by atoms with van der Waals surface area (Å²) in [6.45, 7) is 0. The summed E-state index contributed by atoms with van der Waals surface area (Å²) < 4.78 is 0.938. The fourth-order valence-electron chi connectivity index (χ4n) is 0.739. The van der Waals surface area contributed by atoms with Gasteiger partial charge in [0.05, 0.1) is 5.75 Å². The summed E-state index contributed by atoms with van der Waals surface area (Å²) in [5, 5.41) is 10.1. The first-order valence-corrected chi connectivity index (χ1v) is 5.50. The highest BCUT2D eigenvalue weighted by Crippen LogP contribution is 2.20. The van der Waals surface area contributed by atoms with Crippen molar-refractivity contribution >= 4 is 39.4 Å². The molecule has 0 spiro atoms. The Morgan fingerprint density at radius 1 is 1.29 bits per heavy atom. The molecule has 0 heterocycles. The highest BCUT2D eigenvalue weighted by atomic mass is 79.9. The third kappa shape index (κ3) is 3.51. The van der Waals surface area contributed by atoms with Crippen molar-refractivity contribution in [2.45, 2.75) is 4.90 Å². The Kier molecular flexibility index (Phi) is 4.16. The lowest BCUT2D eigenvalue weighted by Gasteiger charge is -2.01. The summed E-state index contributed by atoms with van der Waals surface area (Å²) in [5.74, 6) is -2.61. The standard InChI is InChI=1S/C9H7BrO3S/c10-6-1-3-7(4-2-6)14-5-8(11)9(12)13/h1-4H,5H2,(H,12,13)/p-1. The van der Waals surface area contributed by atoms with Crippen molar-refractivity contribution < 1.29 is 14.7 Å². The topological polar surface area (TPSA) is 57.2 Å². The van der Waals surface area contributed by atoms with Gasteiger partial charge in [0.15, 0.2) is 5.78 Å². The molecule has 0 saturated carbocycles. The molecule has 0 aliphatic carbocycles. The van der Waals surface area contributed by atoms with Crippen LogP contribution in [0.3, 0.4) is 0 Å². The van der Waals surface area contributed by atoms with Gasteiger partial charge in [-0.2, -0.15) is 0 Å². The molecule has 0 amide bonds. The number of carboxylic acid groups (broad SMARTS) is 1. The van der Waals surface area contributed by atoms with Gasteiger partial charge in [0.1, 0.15) is 5.97 Å². The summed E-state index contributed by atoms with van der Waals surface area (Å²) in [5.41, 5.74) is 0. The lowest BCUT2D eigenvalue weighted by Crippen LogP contribution is -2.32. The van der Waals surface area contributed by atoms with Gasteiger partial charge in [-0.05, 0) is 24.3 Å². The van der Waals surface area contributed by atoms with E-state index in [9.17, 15) is 14.7 Å². The summed E-state index contributed by atoms with van der Waals surface area (Å²) in [7, 11) is 0. The van der Waals surface area contributed by atoms with Gasteiger partial charge in [-0.15, -0.1) is 11.8 Å². The van der Waals surface area contributed by atoms with Crippen LogP contribution in [0.2, 0.25) is 0 Å². The van der Waals surface area contributed by atoms with Crippen LogP contribution in [0.25, 0.3) is 0 Å². The van der Waals surface area contributed by atoms with Gasteiger partial charge in [-0.3, -0.25) is 4.79 Å². The Hall–Kier alpha value is -0.810. The molecule has 0 unspecified atom stereocenters. The largest absolute Gasteiger partial charge is 0.542 e. The van der Waals surface area contributed by atoms with Crippen molar-refractivity contribution in [2.24, 2.45) is 0 Å². The zero-order valence-electron chi connectivity index (χ0n) is 7.03. The van der Waals surface area contributed by atoms with Crippen LogP contribution < -0.4 is 5.11 Å². The number of Topliss-reactive ketones (excluding diaryl/α,β-unsaturated/α-hetero) is 1. The Morgan fingerprint density at radius 2 is 1.86 bits per heavy atom. The van der Waals surface area contributed by atoms with E-state index in [-0.39, 0.29) is 5.75 Å². The highest BCUT2D eigenvalue weighted by Gasteiger charge is 2.03. The summed E-state index contributed by atoms with van der Waals surface area (Å²) in [6.07, 6.45) is 0. The lowest BCUT2D eigenvalue weighted by atomic mass is 10.4. The van der Waals surface area contributed by atoms with Gasteiger partial charge in [0, 0.05) is 9.37 Å². The van der Waals surface area contributed by atoms with Crippen molar-refractivity contribution in [3.8, 4) is 0 Å². The van der Waals surface area contributed by atoms with Crippen LogP contribution >= 0.6 is 27.7 Å². The van der Waals surface area contributed by atoms with E-state index in [0.717, 1.165) is 9.37 Å². The van der Waals surface area contributed by atoms with E-state index in [0.29, 0.717) is 0 Å². The number of halogens is 1. The van der Waals surface area contributed by atoms with Crippen LogP contribution in [-0.2, 0) is 9.59 Å². The molecule has 0 bridgehead atoms. The minimum absolute atomic E-state index is 0.0933. The second-order valence-electron chi connectivity index (χ2n) is 2.45. The Labute approximate surface area is 93.6 Å². The van der Waals surface area contributed by atoms with Crippen LogP contribution in [0.1, 0.15) is 0 Å². The quantitative estimate of drug-likeness (QED) is 0.603. The normalized spacial score (nSPS) is 9.79. The highest BCUT2D eigenvalue weighted by molar-refractivity contribution is 9.10. The maximum absolute atomic E-state index is 10.7. The number of benzene rings is 1. The van der Waals surface area contributed by atoms with Gasteiger partial charge in [0.2, 0.25) is 0 Å². The van der Waals surface area contributed by atoms with E-state index in [1.165, 1.54) is 11.8 Å². The molecule has 0 saturated heterocycles. The third-order valence-corrected chi connectivity index (χ3v) is 2.95. The van der Waals surface area contributed by atoms with Gasteiger partial charge in [-0.25, -0.2) is 0 Å². The fourth-order valence-corrected chi connectivity index (χ4v) is 1.75. The first-order valence-electron chi connectivity index (χ1n) is 3.72. The van der Waals surface area contributed by atoms with Crippen molar-refractivity contribution in [1.29, 1.82) is 0 Å². The van der Waals surface area contributed by atoms with Crippen molar-refractivity contribution in [1.82, 2.24) is 0 Å². The number of ketones is 1. The molecule has 0 radical (unpaired) electrons. The minimum atomic E-state index is -1.63. The molecule has 0 atom stereocenters. The Bertz CT molecular complexity index is 348. The third-order valence-electron chi connectivity index (χ3n) is 1.41. The molecule has 1 rings (SSSR count). The number of carbonyl (C=O) groups is 2. The van der Waals surface area contributed by atoms with Crippen LogP contribution in [0.4, 0.5) is 0 Å². The smallest absolute Gasteiger partial charge is 0.188 e. The number of rotatable bonds is 4. The minimum Gasteiger partial charge on any atom is -0.542 e. The van der Waals surface area contributed by atoms with Crippen LogP contribution in [-0.4, -0.2) is 17.5 Å². The molecule has 74 valence electrons. The molecule has 0 aliphatic heterocycles. The molecule has 1 aromatic carbocycles. The SMILES string of the molecule is O=C([O-])C(=O)CSc1ccc(Br)cc1. The second kappa shape index (κ2) is 5.17. The molecule has 1 aromatic rings. The first-order chi connectivity index (χ1) is 6.59. The Balaban J connectivity index is 2.50. The number of hydrogen-bond acceptors (Lipinski definition) is 4. The van der Waals surface area contributed by atoms with Crippen molar-refractivity contribution in [3.05, 3.63) is 28.7 Å². The molecule has 5 heteroatoms. The molecule has 0 N–H and O–H groups in total. The predicted octanol–water partition coefficient (Wildman–Crippen LogP) is 0.860. The zero-order chi connectivity index (χ0) is 10.6. The number of hydrogen-bond donors (Lipinski definition) is 0. The van der Waals surface area contributed by atoms with E-state index < -0.39 is 11.8 Å². The Morgan fingerprint density at radius 3 is 2.36 bits per heavy atom. The summed E-state index contributed by atoms with van der Waals surface area (Å²) in [4.78, 5) is 21.6. The van der Waals surface area contributed by atoms with Crippen molar-refractivity contribution in [2.75, 3.05) is 5.75 Å². The second-order valence-corrected chi connectivity index (χ2v) is 4.42. The maximum Gasteiger partial charge on any atom is 0.188 e. The monoisotopic (exact) mass is 273 g/mol. The van der Waals surface area contributed by atoms with E-state index in [1.807, 2.05) is 12.1 Å². The molecule has 0 aliphatic rings. The van der Waals surface area contributed by atoms with Gasteiger partial charge in [0.25, 0.3) is 0 Å². The summed E-state index contributed by atoms with van der Waals surface area (Å²) >= 11 is 4.44. The predicted molar refractivity (Wildman–Crippen MR) is 54.9 cm³/mol. The lowest BCUT2D eigenvalue weighted by molar-refractivity contribution is -0.299. The molecular weight excluding hydrogens is 268 g/mol. The van der Waals surface area contributed by atoms with Crippen LogP contribution in [0, 0.1) is 0 Å². The molecular formula is C9H6BrO3S-. The molecule has 14 heavy (non-hydrogen) atoms. The first kappa shape index (κ1) is 11.3. The number of carboxylic acids is 1. The van der Waals surface area contributed by atoms with E-state index in [2.05, 4.69) is 15.9 Å². The van der Waals surface area contributed by atoms with Gasteiger partial charge < -0.3 is 9.90 Å². The average molecular weight is 274 g/mol. The molecule has 0 fully saturated rings. The average Bonchev–Trinajstić information content (AvgIpc) is 2.16. The fraction of sp³-hybridized carbons (Fsp3) is 0.111.